The zero-order valence-electron chi connectivity index (χ0n) is 24.8. The fraction of sp³-hybridized carbons (Fsp3) is 0.300. The van der Waals surface area contributed by atoms with Crippen LogP contribution < -0.4 is 26.7 Å². The van der Waals surface area contributed by atoms with Gasteiger partial charge in [0.1, 0.15) is 25.3 Å². The number of nitriles is 1. The average Bonchev–Trinajstić information content (AvgIpc) is 3.39. The SMILES string of the molecule is Bc1c(-c2ccc(P)c3sc(N)nc23)c(C)cc2c(N3CCN(C(=O)C=C)CC3)c(C#N)c(NCCC(=O)N(C)C)nc12. The summed E-state index contributed by atoms with van der Waals surface area (Å²) in [5.41, 5.74) is 12.9. The van der Waals surface area contributed by atoms with E-state index in [1.54, 1.807) is 23.9 Å². The lowest BCUT2D eigenvalue weighted by Gasteiger charge is -2.37. The second-order valence-electron chi connectivity index (χ2n) is 10.8. The van der Waals surface area contributed by atoms with Crippen molar-refractivity contribution in [2.45, 2.75) is 13.3 Å². The Hall–Kier alpha value is -4.20. The predicted octanol–water partition coefficient (Wildman–Crippen LogP) is 1.76. The van der Waals surface area contributed by atoms with E-state index in [2.05, 4.69) is 62.2 Å². The summed E-state index contributed by atoms with van der Waals surface area (Å²) in [5.74, 6) is 0.310. The number of benzene rings is 2. The molecule has 1 saturated heterocycles. The maximum atomic E-state index is 12.3. The number of aryl methyl sites for hydroxylation is 1. The smallest absolute Gasteiger partial charge is 0.246 e. The van der Waals surface area contributed by atoms with E-state index < -0.39 is 0 Å². The molecule has 3 heterocycles. The molecule has 0 spiro atoms. The molecule has 1 aliphatic rings. The van der Waals surface area contributed by atoms with Gasteiger partial charge in [-0.15, -0.1) is 9.24 Å². The van der Waals surface area contributed by atoms with Crippen LogP contribution in [-0.2, 0) is 9.59 Å². The van der Waals surface area contributed by atoms with Crippen molar-refractivity contribution in [2.75, 3.05) is 62.8 Å². The number of hydrogen-bond acceptors (Lipinski definition) is 9. The maximum Gasteiger partial charge on any atom is 0.246 e. The molecule has 3 N–H and O–H groups in total. The summed E-state index contributed by atoms with van der Waals surface area (Å²) in [6.07, 6.45) is 1.60. The lowest BCUT2D eigenvalue weighted by molar-refractivity contribution is -0.128. The van der Waals surface area contributed by atoms with Crippen molar-refractivity contribution in [1.82, 2.24) is 19.8 Å². The van der Waals surface area contributed by atoms with Crippen LogP contribution in [0.2, 0.25) is 0 Å². The predicted molar refractivity (Wildman–Crippen MR) is 183 cm³/mol. The summed E-state index contributed by atoms with van der Waals surface area (Å²) in [6, 6.07) is 8.61. The van der Waals surface area contributed by atoms with Gasteiger partial charge in [-0.2, -0.15) is 5.26 Å². The van der Waals surface area contributed by atoms with Gasteiger partial charge in [-0.05, 0) is 35.5 Å². The van der Waals surface area contributed by atoms with Crippen LogP contribution in [0, 0.1) is 18.3 Å². The van der Waals surface area contributed by atoms with Crippen molar-refractivity contribution in [1.29, 1.82) is 5.26 Å². The number of anilines is 3. The van der Waals surface area contributed by atoms with E-state index in [9.17, 15) is 14.9 Å². The van der Waals surface area contributed by atoms with Gasteiger partial charge in [0.2, 0.25) is 11.8 Å². The number of nitrogens with two attached hydrogens (primary N) is 1. The van der Waals surface area contributed by atoms with Gasteiger partial charge in [0.25, 0.3) is 0 Å². The Bertz CT molecular complexity index is 1830. The number of amides is 2. The van der Waals surface area contributed by atoms with Gasteiger partial charge in [0.15, 0.2) is 5.13 Å². The molecule has 220 valence electrons. The standard InChI is InChI=1S/C30H34BN8O2PS/c1-5-21(40)38-10-12-39(13-11-38)27-18-14-16(2)23(17-6-7-20(42)28-26(17)36-30(33)43-28)24(31)25(18)35-29(19(27)15-32)34-9-8-22(41)37(3)4/h5-7,14H,1,8-13,31,42H2,2-4H3,(H2,33,36)(H,34,35). The number of aromatic nitrogens is 2. The van der Waals surface area contributed by atoms with Crippen molar-refractivity contribution >= 4 is 88.8 Å². The molecule has 1 fully saturated rings. The molecule has 13 heteroatoms. The van der Waals surface area contributed by atoms with Crippen LogP contribution in [0.1, 0.15) is 17.5 Å². The third-order valence-corrected chi connectivity index (χ3v) is 9.50. The number of piperazine rings is 1. The number of nitrogen functional groups attached to an aromatic ring is 1. The number of thiazole rings is 1. The molecule has 10 nitrogen and oxygen atoms in total. The molecule has 2 aromatic carbocycles. The van der Waals surface area contributed by atoms with Gasteiger partial charge in [0.05, 0.1) is 21.4 Å². The maximum absolute atomic E-state index is 12.3. The molecule has 4 aromatic rings. The second kappa shape index (κ2) is 12.2. The van der Waals surface area contributed by atoms with Crippen molar-refractivity contribution in [2.24, 2.45) is 0 Å². The fourth-order valence-corrected chi connectivity index (χ4v) is 6.92. The zero-order valence-corrected chi connectivity index (χ0v) is 26.8. The van der Waals surface area contributed by atoms with Crippen LogP contribution in [0.15, 0.2) is 30.9 Å². The third kappa shape index (κ3) is 5.63. The minimum absolute atomic E-state index is 0.0202. The van der Waals surface area contributed by atoms with Crippen LogP contribution in [0.4, 0.5) is 16.6 Å². The highest BCUT2D eigenvalue weighted by Crippen LogP contribution is 2.39. The van der Waals surface area contributed by atoms with Gasteiger partial charge >= 0.3 is 0 Å². The molecule has 2 aromatic heterocycles. The molecule has 43 heavy (non-hydrogen) atoms. The van der Waals surface area contributed by atoms with Gasteiger partial charge in [-0.3, -0.25) is 9.59 Å². The van der Waals surface area contributed by atoms with Crippen molar-refractivity contribution in [3.8, 4) is 17.2 Å². The van der Waals surface area contributed by atoms with Crippen LogP contribution >= 0.6 is 20.6 Å². The van der Waals surface area contributed by atoms with E-state index in [1.807, 2.05) is 7.85 Å². The Morgan fingerprint density at radius 3 is 2.63 bits per heavy atom. The molecule has 0 aliphatic carbocycles. The zero-order chi connectivity index (χ0) is 31.0. The molecule has 1 atom stereocenters. The quantitative estimate of drug-likeness (QED) is 0.184. The second-order valence-corrected chi connectivity index (χ2v) is 12.5. The number of pyridine rings is 1. The van der Waals surface area contributed by atoms with Crippen LogP contribution in [0.5, 0.6) is 0 Å². The Morgan fingerprint density at radius 1 is 1.26 bits per heavy atom. The Labute approximate surface area is 258 Å². The van der Waals surface area contributed by atoms with Crippen molar-refractivity contribution in [3.63, 3.8) is 0 Å². The first-order chi connectivity index (χ1) is 20.5. The Morgan fingerprint density at radius 2 is 1.98 bits per heavy atom. The van der Waals surface area contributed by atoms with E-state index in [1.165, 1.54) is 17.4 Å². The molecular formula is C30H34BN8O2PS. The van der Waals surface area contributed by atoms with Gasteiger partial charge < -0.3 is 25.8 Å². The van der Waals surface area contributed by atoms with Crippen molar-refractivity contribution < 1.29 is 9.59 Å². The fourth-order valence-electron chi connectivity index (χ4n) is 5.72. The first-order valence-electron chi connectivity index (χ1n) is 14.0. The first-order valence-corrected chi connectivity index (χ1v) is 15.4. The topological polar surface area (TPSA) is 131 Å². The Kier molecular flexibility index (Phi) is 8.58. The molecule has 0 saturated carbocycles. The molecule has 5 rings (SSSR count). The van der Waals surface area contributed by atoms with E-state index >= 15 is 0 Å². The number of carbonyl (C=O) groups is 2. The summed E-state index contributed by atoms with van der Waals surface area (Å²) in [7, 11) is 8.24. The van der Waals surface area contributed by atoms with Crippen LogP contribution in [0.3, 0.4) is 0 Å². The largest absolute Gasteiger partial charge is 0.375 e. The van der Waals surface area contributed by atoms with Gasteiger partial charge in [-0.25, -0.2) is 9.97 Å². The van der Waals surface area contributed by atoms with Crippen molar-refractivity contribution in [3.05, 3.63) is 42.0 Å². The van der Waals surface area contributed by atoms with E-state index in [0.717, 1.165) is 54.3 Å². The molecule has 0 radical (unpaired) electrons. The highest BCUT2D eigenvalue weighted by atomic mass is 32.1. The molecule has 1 aliphatic heterocycles. The number of hydrogen-bond donors (Lipinski definition) is 2. The van der Waals surface area contributed by atoms with E-state index in [4.69, 9.17) is 10.7 Å². The minimum Gasteiger partial charge on any atom is -0.375 e. The summed E-state index contributed by atoms with van der Waals surface area (Å²) in [6.45, 7) is 8.15. The highest BCUT2D eigenvalue weighted by Gasteiger charge is 2.27. The summed E-state index contributed by atoms with van der Waals surface area (Å²) < 4.78 is 1.02. The third-order valence-electron chi connectivity index (χ3n) is 7.88. The van der Waals surface area contributed by atoms with Crippen LogP contribution in [-0.4, -0.2) is 86.2 Å². The normalized spacial score (nSPS) is 13.3. The Balaban J connectivity index is 1.70. The van der Waals surface area contributed by atoms with Crippen LogP contribution in [0.25, 0.3) is 32.2 Å². The monoisotopic (exact) mass is 612 g/mol. The molecule has 1 unspecified atom stereocenters. The summed E-state index contributed by atoms with van der Waals surface area (Å²) >= 11 is 1.46. The molecular weight excluding hydrogens is 578 g/mol. The number of rotatable bonds is 7. The lowest BCUT2D eigenvalue weighted by atomic mass is 9.81. The summed E-state index contributed by atoms with van der Waals surface area (Å²) in [5, 5.41) is 16.1. The number of fused-ring (bicyclic) bond motifs is 2. The van der Waals surface area contributed by atoms with E-state index in [-0.39, 0.29) is 18.2 Å². The summed E-state index contributed by atoms with van der Waals surface area (Å²) in [4.78, 5) is 39.7. The molecule has 0 bridgehead atoms. The number of carbonyl (C=O) groups excluding carboxylic acids is 2. The number of nitrogens with one attached hydrogen (secondary N) is 1. The van der Waals surface area contributed by atoms with E-state index in [0.29, 0.717) is 49.2 Å². The first kappa shape index (κ1) is 30.3. The average molecular weight is 613 g/mol. The minimum atomic E-state index is -0.102. The number of nitrogens with zero attached hydrogens (tertiary/aromatic N) is 6. The van der Waals surface area contributed by atoms with Gasteiger partial charge in [0, 0.05) is 64.2 Å². The van der Waals surface area contributed by atoms with Gasteiger partial charge in [-0.1, -0.05) is 35.5 Å². The lowest BCUT2D eigenvalue weighted by Crippen LogP contribution is -2.48. The highest BCUT2D eigenvalue weighted by molar-refractivity contribution is 7.33. The molecule has 2 amide bonds.